The summed E-state index contributed by atoms with van der Waals surface area (Å²) in [6, 6.07) is 16.0. The van der Waals surface area contributed by atoms with E-state index in [9.17, 15) is 14.0 Å². The predicted molar refractivity (Wildman–Crippen MR) is 123 cm³/mol. The Hall–Kier alpha value is -3.58. The molecule has 0 aliphatic rings. The maximum atomic E-state index is 13.3. The summed E-state index contributed by atoms with van der Waals surface area (Å²) in [7, 11) is 0. The van der Waals surface area contributed by atoms with E-state index in [0.717, 1.165) is 5.56 Å². The molecule has 0 aliphatic carbocycles. The molecule has 2 amide bonds. The fourth-order valence-corrected chi connectivity index (χ4v) is 3.20. The fourth-order valence-electron chi connectivity index (χ4n) is 3.07. The highest BCUT2D eigenvalue weighted by Crippen LogP contribution is 2.16. The molecule has 0 saturated heterocycles. The van der Waals surface area contributed by atoms with Crippen molar-refractivity contribution in [1.82, 2.24) is 9.80 Å². The van der Waals surface area contributed by atoms with E-state index in [4.69, 9.17) is 20.8 Å². The summed E-state index contributed by atoms with van der Waals surface area (Å²) in [5, 5.41) is 0.561. The zero-order valence-electron chi connectivity index (χ0n) is 18.0. The minimum absolute atomic E-state index is 0.170. The standard InChI is InChI=1S/C25H24ClFN2O4/c1-2-13-28(25(31)18-33-22-11-7-20(26)8-12-22)17-24(30)29(16-23-4-3-14-32-23)15-19-5-9-21(27)10-6-19/h2-12,14H,1,13,15-18H2. The maximum absolute atomic E-state index is 13.3. The molecule has 0 aliphatic heterocycles. The van der Waals surface area contributed by atoms with Crippen molar-refractivity contribution in [2.75, 3.05) is 19.7 Å². The molecule has 172 valence electrons. The van der Waals surface area contributed by atoms with E-state index in [2.05, 4.69) is 6.58 Å². The van der Waals surface area contributed by atoms with Gasteiger partial charge in [0.15, 0.2) is 6.61 Å². The third kappa shape index (κ3) is 7.50. The van der Waals surface area contributed by atoms with Crippen LogP contribution in [0.2, 0.25) is 5.02 Å². The molecule has 0 fully saturated rings. The molecule has 2 aromatic carbocycles. The Balaban J connectivity index is 1.67. The number of furan rings is 1. The van der Waals surface area contributed by atoms with Gasteiger partial charge in [-0.2, -0.15) is 0 Å². The lowest BCUT2D eigenvalue weighted by molar-refractivity contribution is -0.142. The van der Waals surface area contributed by atoms with E-state index in [0.29, 0.717) is 16.5 Å². The number of nitrogens with zero attached hydrogens (tertiary/aromatic N) is 2. The first kappa shape index (κ1) is 24.1. The van der Waals surface area contributed by atoms with Crippen molar-refractivity contribution in [2.45, 2.75) is 13.1 Å². The Morgan fingerprint density at radius 1 is 1.00 bits per heavy atom. The smallest absolute Gasteiger partial charge is 0.261 e. The van der Waals surface area contributed by atoms with Gasteiger partial charge in [0, 0.05) is 18.1 Å². The highest BCUT2D eigenvalue weighted by atomic mass is 35.5. The molecule has 0 atom stereocenters. The number of carbonyl (C=O) groups excluding carboxylic acids is 2. The molecule has 8 heteroatoms. The molecular weight excluding hydrogens is 447 g/mol. The van der Waals surface area contributed by atoms with Crippen LogP contribution in [0, 0.1) is 5.82 Å². The second kappa shape index (κ2) is 11.9. The van der Waals surface area contributed by atoms with Crippen LogP contribution in [0.3, 0.4) is 0 Å². The average molecular weight is 471 g/mol. The molecule has 0 radical (unpaired) electrons. The number of benzene rings is 2. The minimum atomic E-state index is -0.363. The fraction of sp³-hybridized carbons (Fsp3) is 0.200. The topological polar surface area (TPSA) is 63.0 Å². The Morgan fingerprint density at radius 3 is 2.36 bits per heavy atom. The van der Waals surface area contributed by atoms with E-state index >= 15 is 0 Å². The van der Waals surface area contributed by atoms with Gasteiger partial charge in [0.05, 0.1) is 12.8 Å². The molecule has 3 aromatic rings. The van der Waals surface area contributed by atoms with Crippen LogP contribution in [0.1, 0.15) is 11.3 Å². The summed E-state index contributed by atoms with van der Waals surface area (Å²) in [6.45, 7) is 3.89. The SMILES string of the molecule is C=CCN(CC(=O)N(Cc1ccc(F)cc1)Cc1ccco1)C(=O)COc1ccc(Cl)cc1. The van der Waals surface area contributed by atoms with Crippen molar-refractivity contribution in [3.8, 4) is 5.75 Å². The lowest BCUT2D eigenvalue weighted by Crippen LogP contribution is -2.44. The van der Waals surface area contributed by atoms with Crippen molar-refractivity contribution in [3.63, 3.8) is 0 Å². The Kier molecular flexibility index (Phi) is 8.66. The van der Waals surface area contributed by atoms with E-state index in [-0.39, 0.29) is 50.4 Å². The van der Waals surface area contributed by atoms with Crippen molar-refractivity contribution in [3.05, 3.63) is 102 Å². The average Bonchev–Trinajstić information content (AvgIpc) is 3.32. The number of hydrogen-bond acceptors (Lipinski definition) is 4. The third-order valence-electron chi connectivity index (χ3n) is 4.77. The molecule has 1 heterocycles. The summed E-state index contributed by atoms with van der Waals surface area (Å²) < 4.78 is 24.2. The minimum Gasteiger partial charge on any atom is -0.484 e. The number of carbonyl (C=O) groups is 2. The van der Waals surface area contributed by atoms with Gasteiger partial charge in [-0.25, -0.2) is 4.39 Å². The van der Waals surface area contributed by atoms with Crippen LogP contribution < -0.4 is 4.74 Å². The Bertz CT molecular complexity index is 1050. The summed E-state index contributed by atoms with van der Waals surface area (Å²) in [5.41, 5.74) is 0.754. The van der Waals surface area contributed by atoms with E-state index in [1.807, 2.05) is 0 Å². The molecule has 0 bridgehead atoms. The predicted octanol–water partition coefficient (Wildman–Crippen LogP) is 4.69. The van der Waals surface area contributed by atoms with Gasteiger partial charge in [-0.3, -0.25) is 9.59 Å². The van der Waals surface area contributed by atoms with Crippen LogP contribution in [0.5, 0.6) is 5.75 Å². The van der Waals surface area contributed by atoms with Crippen molar-refractivity contribution in [2.24, 2.45) is 0 Å². The third-order valence-corrected chi connectivity index (χ3v) is 5.02. The molecule has 0 N–H and O–H groups in total. The zero-order chi connectivity index (χ0) is 23.6. The lowest BCUT2D eigenvalue weighted by atomic mass is 10.2. The quantitative estimate of drug-likeness (QED) is 0.381. The first-order chi connectivity index (χ1) is 15.9. The molecule has 0 unspecified atom stereocenters. The second-order valence-corrected chi connectivity index (χ2v) is 7.70. The number of hydrogen-bond donors (Lipinski definition) is 0. The first-order valence-electron chi connectivity index (χ1n) is 10.3. The van der Waals surface area contributed by atoms with Gasteiger partial charge in [0.25, 0.3) is 5.91 Å². The number of ether oxygens (including phenoxy) is 1. The maximum Gasteiger partial charge on any atom is 0.261 e. The summed E-state index contributed by atoms with van der Waals surface area (Å²) in [5.74, 6) is 0.0768. The summed E-state index contributed by atoms with van der Waals surface area (Å²) in [6.07, 6.45) is 3.07. The van der Waals surface area contributed by atoms with Crippen molar-refractivity contribution < 1.29 is 23.1 Å². The molecular formula is C25H24ClFN2O4. The van der Waals surface area contributed by atoms with E-state index in [1.165, 1.54) is 23.3 Å². The van der Waals surface area contributed by atoms with Gasteiger partial charge in [-0.1, -0.05) is 29.8 Å². The van der Waals surface area contributed by atoms with Crippen LogP contribution in [-0.4, -0.2) is 41.3 Å². The van der Waals surface area contributed by atoms with E-state index < -0.39 is 0 Å². The second-order valence-electron chi connectivity index (χ2n) is 7.26. The number of amides is 2. The van der Waals surface area contributed by atoms with Gasteiger partial charge < -0.3 is 19.0 Å². The lowest BCUT2D eigenvalue weighted by Gasteiger charge is -2.27. The van der Waals surface area contributed by atoms with Gasteiger partial charge in [0.2, 0.25) is 5.91 Å². The van der Waals surface area contributed by atoms with Crippen LogP contribution >= 0.6 is 11.6 Å². The number of rotatable bonds is 11. The highest BCUT2D eigenvalue weighted by Gasteiger charge is 2.22. The molecule has 3 rings (SSSR count). The van der Waals surface area contributed by atoms with Crippen LogP contribution in [0.4, 0.5) is 4.39 Å². The first-order valence-corrected chi connectivity index (χ1v) is 10.6. The van der Waals surface area contributed by atoms with Crippen molar-refractivity contribution in [1.29, 1.82) is 0 Å². The normalized spacial score (nSPS) is 10.5. The summed E-state index contributed by atoms with van der Waals surface area (Å²) in [4.78, 5) is 28.8. The van der Waals surface area contributed by atoms with Gasteiger partial charge in [0.1, 0.15) is 23.9 Å². The highest BCUT2D eigenvalue weighted by molar-refractivity contribution is 6.30. The molecule has 6 nitrogen and oxygen atoms in total. The monoisotopic (exact) mass is 470 g/mol. The van der Waals surface area contributed by atoms with Crippen LogP contribution in [-0.2, 0) is 22.7 Å². The van der Waals surface area contributed by atoms with Gasteiger partial charge in [-0.05, 0) is 54.1 Å². The molecule has 33 heavy (non-hydrogen) atoms. The van der Waals surface area contributed by atoms with E-state index in [1.54, 1.807) is 59.5 Å². The van der Waals surface area contributed by atoms with Crippen LogP contribution in [0.15, 0.2) is 84.0 Å². The summed E-state index contributed by atoms with van der Waals surface area (Å²) >= 11 is 5.86. The Labute approximate surface area is 196 Å². The van der Waals surface area contributed by atoms with Crippen molar-refractivity contribution >= 4 is 23.4 Å². The zero-order valence-corrected chi connectivity index (χ0v) is 18.7. The largest absolute Gasteiger partial charge is 0.484 e. The Morgan fingerprint density at radius 2 is 1.73 bits per heavy atom. The van der Waals surface area contributed by atoms with Crippen LogP contribution in [0.25, 0.3) is 0 Å². The number of halogens is 2. The van der Waals surface area contributed by atoms with Gasteiger partial charge >= 0.3 is 0 Å². The van der Waals surface area contributed by atoms with Gasteiger partial charge in [-0.15, -0.1) is 6.58 Å². The molecule has 0 saturated carbocycles. The molecule has 1 aromatic heterocycles. The molecule has 0 spiro atoms.